The fraction of sp³-hybridized carbons (Fsp3) is 0.464. The Morgan fingerprint density at radius 3 is 2.32 bits per heavy atom. The van der Waals surface area contributed by atoms with Crippen molar-refractivity contribution in [1.29, 1.82) is 0 Å². The molecule has 4 nitrogen and oxygen atoms in total. The van der Waals surface area contributed by atoms with Crippen molar-refractivity contribution < 1.29 is 18.7 Å². The largest absolute Gasteiger partial charge is 0.410 e. The van der Waals surface area contributed by atoms with E-state index in [1.54, 1.807) is 0 Å². The minimum atomic E-state index is -1.93. The first-order valence-corrected chi connectivity index (χ1v) is 15.6. The molecule has 0 N–H and O–H groups in total. The van der Waals surface area contributed by atoms with E-state index < -0.39 is 14.4 Å². The summed E-state index contributed by atoms with van der Waals surface area (Å²) in [6.07, 6.45) is -0.635. The zero-order valence-corrected chi connectivity index (χ0v) is 22.7. The summed E-state index contributed by atoms with van der Waals surface area (Å²) in [6.45, 7) is 13.8. The first-order chi connectivity index (χ1) is 16.4. The quantitative estimate of drug-likeness (QED) is 0.191. The van der Waals surface area contributed by atoms with Gasteiger partial charge < -0.3 is 13.9 Å². The predicted octanol–water partition coefficient (Wildman–Crippen LogP) is 6.93. The van der Waals surface area contributed by atoms with Crippen molar-refractivity contribution in [2.75, 3.05) is 6.61 Å². The summed E-state index contributed by atoms with van der Waals surface area (Å²) in [5, 5.41) is -0.0133. The highest BCUT2D eigenvalue weighted by atomic mass is 32.2. The van der Waals surface area contributed by atoms with Gasteiger partial charge in [0.15, 0.2) is 14.4 Å². The number of hydrogen-bond donors (Lipinski definition) is 0. The van der Waals surface area contributed by atoms with Crippen molar-refractivity contribution in [3.05, 3.63) is 77.9 Å². The summed E-state index contributed by atoms with van der Waals surface area (Å²) in [4.78, 5) is 14.4. The topological polar surface area (TPSA) is 44.8 Å². The van der Waals surface area contributed by atoms with E-state index in [9.17, 15) is 4.79 Å². The molecule has 184 valence electrons. The lowest BCUT2D eigenvalue weighted by atomic mass is 9.97. The zero-order chi connectivity index (χ0) is 24.6. The molecule has 0 unspecified atom stereocenters. The highest BCUT2D eigenvalue weighted by Crippen LogP contribution is 2.35. The van der Waals surface area contributed by atoms with Crippen LogP contribution in [0.1, 0.15) is 38.3 Å². The van der Waals surface area contributed by atoms with Crippen molar-refractivity contribution in [3.63, 3.8) is 0 Å². The van der Waals surface area contributed by atoms with Crippen molar-refractivity contribution in [2.24, 2.45) is 0 Å². The first-order valence-electron chi connectivity index (χ1n) is 12.3. The van der Waals surface area contributed by atoms with E-state index in [0.717, 1.165) is 34.2 Å². The maximum atomic E-state index is 13.5. The van der Waals surface area contributed by atoms with Crippen LogP contribution in [0.15, 0.2) is 71.6 Å². The Morgan fingerprint density at radius 1 is 1.06 bits per heavy atom. The van der Waals surface area contributed by atoms with E-state index in [0.29, 0.717) is 19.6 Å². The minimum Gasteiger partial charge on any atom is -0.410 e. The monoisotopic (exact) mass is 498 g/mol. The molecule has 0 saturated carbocycles. The van der Waals surface area contributed by atoms with Crippen LogP contribution in [-0.4, -0.2) is 38.4 Å². The second-order valence-corrected chi connectivity index (χ2v) is 14.8. The Labute approximate surface area is 210 Å². The van der Waals surface area contributed by atoms with Gasteiger partial charge in [-0.15, -0.1) is 0 Å². The number of carbonyl (C=O) groups excluding carboxylic acids is 1. The van der Waals surface area contributed by atoms with E-state index in [1.807, 2.05) is 61.5 Å². The van der Waals surface area contributed by atoms with E-state index in [4.69, 9.17) is 13.9 Å². The molecule has 3 atom stereocenters. The van der Waals surface area contributed by atoms with Gasteiger partial charge in [-0.1, -0.05) is 75.4 Å². The summed E-state index contributed by atoms with van der Waals surface area (Å²) in [5.74, 6) is 0. The summed E-state index contributed by atoms with van der Waals surface area (Å²) in [7, 11) is -1.93. The lowest BCUT2D eigenvalue weighted by Crippen LogP contribution is -2.52. The molecule has 6 heteroatoms. The first kappa shape index (κ1) is 26.9. The summed E-state index contributed by atoms with van der Waals surface area (Å²) in [6, 6.07) is 21.2. The molecule has 1 saturated heterocycles. The Morgan fingerprint density at radius 2 is 1.71 bits per heavy atom. The molecule has 0 spiro atoms. The van der Waals surface area contributed by atoms with Crippen LogP contribution >= 0.6 is 11.8 Å². The van der Waals surface area contributed by atoms with E-state index in [1.165, 1.54) is 17.3 Å². The van der Waals surface area contributed by atoms with Crippen molar-refractivity contribution in [3.8, 4) is 0 Å². The standard InChI is InChI=1S/C28H38O4SSi/c1-6-34(7-2,8-3)32-25-18-22(5)26(20-30-19-23-12-10-9-11-13-23)31-27(25)28(29)33-24-16-14-21(4)15-17-24/h9-17,25-27H,5-8,18-20H2,1-4H3/t25-,26-,27-/m0/s1. The number of hydrogen-bond acceptors (Lipinski definition) is 5. The SMILES string of the molecule is C=C1C[C@H](O[Si](CC)(CC)CC)[C@@H](C(=O)Sc2ccc(C)cc2)O[C@H]1COCc1ccccc1. The fourth-order valence-electron chi connectivity index (χ4n) is 4.29. The van der Waals surface area contributed by atoms with Gasteiger partial charge in [0.2, 0.25) is 5.12 Å². The number of aryl methyl sites for hydroxylation is 1. The third kappa shape index (κ3) is 7.15. The van der Waals surface area contributed by atoms with Gasteiger partial charge in [-0.05, 0) is 66.5 Å². The van der Waals surface area contributed by atoms with Crippen LogP contribution in [0.4, 0.5) is 0 Å². The van der Waals surface area contributed by atoms with Gasteiger partial charge in [-0.25, -0.2) is 0 Å². The molecule has 1 heterocycles. The molecule has 0 radical (unpaired) electrons. The molecule has 1 aliphatic rings. The van der Waals surface area contributed by atoms with Gasteiger partial charge in [0.05, 0.1) is 19.3 Å². The molecule has 1 fully saturated rings. The zero-order valence-electron chi connectivity index (χ0n) is 20.9. The highest BCUT2D eigenvalue weighted by molar-refractivity contribution is 8.13. The normalized spacial score (nSPS) is 20.9. The Bertz CT molecular complexity index is 919. The molecule has 0 aliphatic carbocycles. The van der Waals surface area contributed by atoms with Crippen LogP contribution in [0.25, 0.3) is 0 Å². The number of carbonyl (C=O) groups is 1. The number of thioether (sulfide) groups is 1. The summed E-state index contributed by atoms with van der Waals surface area (Å²) < 4.78 is 19.1. The Hall–Kier alpha value is -1.70. The second-order valence-electron chi connectivity index (χ2n) is 9.04. The molecular formula is C28H38O4SSi. The van der Waals surface area contributed by atoms with E-state index in [-0.39, 0.29) is 17.3 Å². The average molecular weight is 499 g/mol. The summed E-state index contributed by atoms with van der Waals surface area (Å²) in [5.41, 5.74) is 3.22. The highest BCUT2D eigenvalue weighted by Gasteiger charge is 2.43. The number of rotatable bonds is 11. The maximum Gasteiger partial charge on any atom is 0.225 e. The molecule has 0 aromatic heterocycles. The van der Waals surface area contributed by atoms with Gasteiger partial charge in [0, 0.05) is 4.90 Å². The van der Waals surface area contributed by atoms with Gasteiger partial charge in [0.1, 0.15) is 6.10 Å². The van der Waals surface area contributed by atoms with Gasteiger partial charge in [-0.2, -0.15) is 0 Å². The summed E-state index contributed by atoms with van der Waals surface area (Å²) >= 11 is 1.24. The number of ether oxygens (including phenoxy) is 2. The lowest BCUT2D eigenvalue weighted by Gasteiger charge is -2.41. The van der Waals surface area contributed by atoms with Crippen LogP contribution in [0.3, 0.4) is 0 Å². The Balaban J connectivity index is 1.73. The van der Waals surface area contributed by atoms with Crippen LogP contribution in [0.5, 0.6) is 0 Å². The third-order valence-corrected chi connectivity index (χ3v) is 12.4. The molecule has 3 rings (SSSR count). The van der Waals surface area contributed by atoms with Crippen LogP contribution in [0.2, 0.25) is 18.1 Å². The molecule has 2 aromatic carbocycles. The lowest BCUT2D eigenvalue weighted by molar-refractivity contribution is -0.142. The average Bonchev–Trinajstić information content (AvgIpc) is 2.86. The Kier molecular flexibility index (Phi) is 10.2. The molecule has 34 heavy (non-hydrogen) atoms. The molecule has 0 amide bonds. The van der Waals surface area contributed by atoms with Gasteiger partial charge in [0.25, 0.3) is 0 Å². The molecular weight excluding hydrogens is 460 g/mol. The van der Waals surface area contributed by atoms with E-state index >= 15 is 0 Å². The molecule has 1 aliphatic heterocycles. The van der Waals surface area contributed by atoms with Crippen LogP contribution in [-0.2, 0) is 25.3 Å². The third-order valence-electron chi connectivity index (χ3n) is 6.75. The number of benzene rings is 2. The molecule has 0 bridgehead atoms. The fourth-order valence-corrected chi connectivity index (χ4v) is 7.96. The van der Waals surface area contributed by atoms with Crippen molar-refractivity contribution in [1.82, 2.24) is 0 Å². The smallest absolute Gasteiger partial charge is 0.225 e. The molecule has 2 aromatic rings. The van der Waals surface area contributed by atoms with Crippen LogP contribution < -0.4 is 0 Å². The van der Waals surface area contributed by atoms with Crippen molar-refractivity contribution in [2.45, 2.75) is 82.1 Å². The maximum absolute atomic E-state index is 13.5. The van der Waals surface area contributed by atoms with E-state index in [2.05, 4.69) is 27.4 Å². The van der Waals surface area contributed by atoms with Crippen LogP contribution in [0, 0.1) is 6.92 Å². The van der Waals surface area contributed by atoms with Gasteiger partial charge in [-0.3, -0.25) is 4.79 Å². The second kappa shape index (κ2) is 12.8. The minimum absolute atomic E-state index is 0.0133. The van der Waals surface area contributed by atoms with Gasteiger partial charge >= 0.3 is 0 Å². The predicted molar refractivity (Wildman–Crippen MR) is 143 cm³/mol. The van der Waals surface area contributed by atoms with Crippen molar-refractivity contribution >= 4 is 25.2 Å².